The van der Waals surface area contributed by atoms with Gasteiger partial charge >= 0.3 is 0 Å². The molecule has 1 aliphatic carbocycles. The van der Waals surface area contributed by atoms with Crippen LogP contribution in [-0.2, 0) is 0 Å². The highest BCUT2D eigenvalue weighted by molar-refractivity contribution is 5.95. The van der Waals surface area contributed by atoms with Gasteiger partial charge in [-0.25, -0.2) is 0 Å². The smallest absolute Gasteiger partial charge is 0.251 e. The Balaban J connectivity index is 1.73. The predicted octanol–water partition coefficient (Wildman–Crippen LogP) is 2.77. The van der Waals surface area contributed by atoms with Crippen molar-refractivity contribution in [2.45, 2.75) is 38.6 Å². The molecular formula is C16H21NO3. The lowest BCUT2D eigenvalue weighted by atomic mass is 10.1. The molecule has 0 radical (unpaired) electrons. The summed E-state index contributed by atoms with van der Waals surface area (Å²) in [5.41, 5.74) is 0.647. The van der Waals surface area contributed by atoms with Gasteiger partial charge in [-0.05, 0) is 37.0 Å². The van der Waals surface area contributed by atoms with Gasteiger partial charge in [0.2, 0.25) is 0 Å². The highest BCUT2D eigenvalue weighted by Crippen LogP contribution is 2.31. The molecule has 0 aromatic heterocycles. The molecule has 2 aliphatic rings. The molecule has 0 spiro atoms. The molecule has 20 heavy (non-hydrogen) atoms. The van der Waals surface area contributed by atoms with E-state index in [9.17, 15) is 4.79 Å². The van der Waals surface area contributed by atoms with Crippen molar-refractivity contribution in [1.29, 1.82) is 0 Å². The summed E-state index contributed by atoms with van der Waals surface area (Å²) in [7, 11) is 0. The number of amides is 1. The molecule has 4 heteroatoms. The van der Waals surface area contributed by atoms with E-state index >= 15 is 0 Å². The minimum atomic E-state index is -0.0144. The van der Waals surface area contributed by atoms with Gasteiger partial charge in [0, 0.05) is 18.0 Å². The minimum Gasteiger partial charge on any atom is -0.490 e. The fourth-order valence-electron chi connectivity index (χ4n) is 2.92. The number of carbonyl (C=O) groups is 1. The quantitative estimate of drug-likeness (QED) is 0.902. The van der Waals surface area contributed by atoms with Gasteiger partial charge in [0.15, 0.2) is 11.5 Å². The van der Waals surface area contributed by atoms with E-state index in [1.165, 1.54) is 12.8 Å². The van der Waals surface area contributed by atoms with E-state index in [-0.39, 0.29) is 5.91 Å². The van der Waals surface area contributed by atoms with Gasteiger partial charge in [-0.2, -0.15) is 0 Å². The van der Waals surface area contributed by atoms with E-state index in [1.54, 1.807) is 6.07 Å². The largest absolute Gasteiger partial charge is 0.490 e. The van der Waals surface area contributed by atoms with Crippen molar-refractivity contribution < 1.29 is 14.3 Å². The fourth-order valence-corrected chi connectivity index (χ4v) is 2.92. The van der Waals surface area contributed by atoms with Crippen molar-refractivity contribution in [3.8, 4) is 11.5 Å². The van der Waals surface area contributed by atoms with E-state index < -0.39 is 0 Å². The second-order valence-electron chi connectivity index (χ2n) is 5.70. The first-order chi connectivity index (χ1) is 9.74. The van der Waals surface area contributed by atoms with Crippen molar-refractivity contribution in [3.05, 3.63) is 23.8 Å². The maximum absolute atomic E-state index is 12.3. The number of hydrogen-bond acceptors (Lipinski definition) is 3. The average Bonchev–Trinajstić information content (AvgIpc) is 2.73. The van der Waals surface area contributed by atoms with Gasteiger partial charge in [-0.15, -0.1) is 0 Å². The van der Waals surface area contributed by atoms with Crippen LogP contribution in [-0.4, -0.2) is 25.2 Å². The summed E-state index contributed by atoms with van der Waals surface area (Å²) in [6.07, 6.45) is 4.35. The van der Waals surface area contributed by atoms with Crippen LogP contribution in [0.1, 0.15) is 43.0 Å². The van der Waals surface area contributed by atoms with E-state index in [4.69, 9.17) is 9.47 Å². The Kier molecular flexibility index (Phi) is 3.81. The Labute approximate surface area is 119 Å². The average molecular weight is 275 g/mol. The van der Waals surface area contributed by atoms with Crippen molar-refractivity contribution in [1.82, 2.24) is 5.32 Å². The van der Waals surface area contributed by atoms with Gasteiger partial charge in [-0.3, -0.25) is 4.79 Å². The monoisotopic (exact) mass is 275 g/mol. The molecule has 1 saturated carbocycles. The van der Waals surface area contributed by atoms with Crippen molar-refractivity contribution >= 4 is 5.91 Å². The maximum Gasteiger partial charge on any atom is 0.251 e. The maximum atomic E-state index is 12.3. The standard InChI is InChI=1S/C16H21NO3/c1-11-4-2-5-13(11)17-16(18)12-6-7-14-15(10-12)20-9-3-8-19-14/h6-7,10-11,13H,2-5,8-9H2,1H3,(H,17,18)/t11-,13+/m0/s1. The molecule has 1 aromatic carbocycles. The van der Waals surface area contributed by atoms with Crippen molar-refractivity contribution in [2.24, 2.45) is 5.92 Å². The van der Waals surface area contributed by atoms with Crippen LogP contribution in [0.3, 0.4) is 0 Å². The summed E-state index contributed by atoms with van der Waals surface area (Å²) in [6, 6.07) is 5.73. The third-order valence-corrected chi connectivity index (χ3v) is 4.19. The lowest BCUT2D eigenvalue weighted by Crippen LogP contribution is -2.36. The van der Waals surface area contributed by atoms with Crippen LogP contribution in [0.4, 0.5) is 0 Å². The molecule has 1 amide bonds. The van der Waals surface area contributed by atoms with E-state index in [0.29, 0.717) is 36.5 Å². The van der Waals surface area contributed by atoms with Crippen LogP contribution in [0.25, 0.3) is 0 Å². The zero-order valence-corrected chi connectivity index (χ0v) is 11.9. The Hall–Kier alpha value is -1.71. The minimum absolute atomic E-state index is 0.0144. The lowest BCUT2D eigenvalue weighted by molar-refractivity contribution is 0.0929. The lowest BCUT2D eigenvalue weighted by Gasteiger charge is -2.17. The Morgan fingerprint density at radius 3 is 2.70 bits per heavy atom. The zero-order chi connectivity index (χ0) is 13.9. The zero-order valence-electron chi connectivity index (χ0n) is 11.9. The van der Waals surface area contributed by atoms with Crippen molar-refractivity contribution in [3.63, 3.8) is 0 Å². The molecule has 0 unspecified atom stereocenters. The first kappa shape index (κ1) is 13.3. The van der Waals surface area contributed by atoms with Gasteiger partial charge in [0.1, 0.15) is 0 Å². The summed E-state index contributed by atoms with van der Waals surface area (Å²) >= 11 is 0. The van der Waals surface area contributed by atoms with E-state index in [0.717, 1.165) is 18.6 Å². The second kappa shape index (κ2) is 5.73. The number of fused-ring (bicyclic) bond motifs is 1. The first-order valence-corrected chi connectivity index (χ1v) is 7.44. The summed E-state index contributed by atoms with van der Waals surface area (Å²) in [4.78, 5) is 12.3. The van der Waals surface area contributed by atoms with Gasteiger partial charge in [0.05, 0.1) is 13.2 Å². The van der Waals surface area contributed by atoms with Crippen molar-refractivity contribution in [2.75, 3.05) is 13.2 Å². The summed E-state index contributed by atoms with van der Waals surface area (Å²) in [6.45, 7) is 3.50. The van der Waals surface area contributed by atoms with Gasteiger partial charge < -0.3 is 14.8 Å². The van der Waals surface area contributed by atoms with Crippen LogP contribution in [0.2, 0.25) is 0 Å². The van der Waals surface area contributed by atoms with Gasteiger partial charge in [-0.1, -0.05) is 13.3 Å². The number of rotatable bonds is 2. The van der Waals surface area contributed by atoms with Crippen LogP contribution in [0, 0.1) is 5.92 Å². The van der Waals surface area contributed by atoms with E-state index in [2.05, 4.69) is 12.2 Å². The number of nitrogens with one attached hydrogen (secondary N) is 1. The summed E-state index contributed by atoms with van der Waals surface area (Å²) in [5, 5.41) is 3.13. The molecule has 3 rings (SSSR count). The predicted molar refractivity (Wildman–Crippen MR) is 76.3 cm³/mol. The summed E-state index contributed by atoms with van der Waals surface area (Å²) < 4.78 is 11.2. The molecule has 0 bridgehead atoms. The number of carbonyl (C=O) groups excluding carboxylic acids is 1. The fraction of sp³-hybridized carbons (Fsp3) is 0.562. The Bertz CT molecular complexity index is 500. The van der Waals surface area contributed by atoms with Crippen LogP contribution >= 0.6 is 0 Å². The molecule has 1 N–H and O–H groups in total. The molecule has 1 aromatic rings. The Morgan fingerprint density at radius 2 is 1.95 bits per heavy atom. The molecule has 4 nitrogen and oxygen atoms in total. The SMILES string of the molecule is C[C@H]1CCC[C@H]1NC(=O)c1ccc2c(c1)OCCCO2. The molecular weight excluding hydrogens is 254 g/mol. The van der Waals surface area contributed by atoms with Crippen LogP contribution in [0.15, 0.2) is 18.2 Å². The number of hydrogen-bond donors (Lipinski definition) is 1. The van der Waals surface area contributed by atoms with E-state index in [1.807, 2.05) is 12.1 Å². The second-order valence-corrected chi connectivity index (χ2v) is 5.70. The number of benzene rings is 1. The molecule has 2 atom stereocenters. The third-order valence-electron chi connectivity index (χ3n) is 4.19. The topological polar surface area (TPSA) is 47.6 Å². The molecule has 1 aliphatic heterocycles. The third kappa shape index (κ3) is 2.74. The Morgan fingerprint density at radius 1 is 1.15 bits per heavy atom. The normalized spacial score (nSPS) is 25.1. The van der Waals surface area contributed by atoms with Gasteiger partial charge in [0.25, 0.3) is 5.91 Å². The van der Waals surface area contributed by atoms with Crippen LogP contribution < -0.4 is 14.8 Å². The van der Waals surface area contributed by atoms with Crippen LogP contribution in [0.5, 0.6) is 11.5 Å². The molecule has 1 fully saturated rings. The first-order valence-electron chi connectivity index (χ1n) is 7.44. The molecule has 108 valence electrons. The summed E-state index contributed by atoms with van der Waals surface area (Å²) in [5.74, 6) is 1.96. The number of ether oxygens (including phenoxy) is 2. The molecule has 0 saturated heterocycles. The highest BCUT2D eigenvalue weighted by Gasteiger charge is 2.25. The highest BCUT2D eigenvalue weighted by atomic mass is 16.5. The molecule has 1 heterocycles.